The minimum Gasteiger partial charge on any atom is -0.445 e. The summed E-state index contributed by atoms with van der Waals surface area (Å²) in [5, 5.41) is 11.8. The lowest BCUT2D eigenvalue weighted by Gasteiger charge is -2.22. The second kappa shape index (κ2) is 25.4. The quantitative estimate of drug-likeness (QED) is 0.0640. The van der Waals surface area contributed by atoms with Gasteiger partial charge in [0.1, 0.15) is 25.5 Å². The van der Waals surface area contributed by atoms with Crippen LogP contribution >= 0.6 is 0 Å². The van der Waals surface area contributed by atoms with Crippen LogP contribution < -0.4 is 21.3 Å². The molecule has 2 atom stereocenters. The van der Waals surface area contributed by atoms with Gasteiger partial charge in [-0.15, -0.1) is 0 Å². The van der Waals surface area contributed by atoms with Gasteiger partial charge in [0.25, 0.3) is 0 Å². The summed E-state index contributed by atoms with van der Waals surface area (Å²) in [4.78, 5) is 37.1. The summed E-state index contributed by atoms with van der Waals surface area (Å²) >= 11 is 0. The van der Waals surface area contributed by atoms with Gasteiger partial charge in [-0.2, -0.15) is 0 Å². The van der Waals surface area contributed by atoms with E-state index in [9.17, 15) is 14.4 Å². The molecule has 0 saturated carbocycles. The molecule has 0 aromatic heterocycles. The molecular formula is C38H60N4O6. The van der Waals surface area contributed by atoms with E-state index in [4.69, 9.17) is 14.2 Å². The summed E-state index contributed by atoms with van der Waals surface area (Å²) in [5.74, 6) is -0.0984. The Labute approximate surface area is 288 Å². The molecule has 0 bridgehead atoms. The van der Waals surface area contributed by atoms with Gasteiger partial charge in [0.15, 0.2) is 0 Å². The summed E-state index contributed by atoms with van der Waals surface area (Å²) in [6, 6.07) is 18.4. The van der Waals surface area contributed by atoms with E-state index in [0.29, 0.717) is 13.3 Å². The van der Waals surface area contributed by atoms with Crippen molar-refractivity contribution in [2.45, 2.75) is 117 Å². The van der Waals surface area contributed by atoms with Crippen LogP contribution in [0.5, 0.6) is 0 Å². The van der Waals surface area contributed by atoms with Gasteiger partial charge < -0.3 is 24.8 Å². The summed E-state index contributed by atoms with van der Waals surface area (Å²) in [5.41, 5.74) is 1.84. The second-order valence-electron chi connectivity index (χ2n) is 12.9. The van der Waals surface area contributed by atoms with Gasteiger partial charge in [0, 0.05) is 6.54 Å². The molecule has 0 aliphatic rings. The van der Waals surface area contributed by atoms with Crippen molar-refractivity contribution in [3.63, 3.8) is 0 Å². The third-order valence-corrected chi connectivity index (χ3v) is 7.96. The van der Waals surface area contributed by atoms with E-state index in [-0.39, 0.29) is 31.0 Å². The minimum absolute atomic E-state index is 0.0470. The maximum absolute atomic E-state index is 12.7. The molecule has 10 heteroatoms. The molecule has 48 heavy (non-hydrogen) atoms. The van der Waals surface area contributed by atoms with E-state index in [0.717, 1.165) is 43.4 Å². The lowest BCUT2D eigenvalue weighted by molar-refractivity contribution is -0.124. The first kappa shape index (κ1) is 40.5. The van der Waals surface area contributed by atoms with Crippen molar-refractivity contribution < 1.29 is 28.6 Å². The van der Waals surface area contributed by atoms with Gasteiger partial charge >= 0.3 is 12.2 Å². The number of unbranched alkanes of at least 4 members (excludes halogenated alkanes) is 9. The third kappa shape index (κ3) is 19.3. The zero-order valence-electron chi connectivity index (χ0n) is 29.6. The number of benzene rings is 2. The Kier molecular flexibility index (Phi) is 21.5. The van der Waals surface area contributed by atoms with Crippen LogP contribution in [-0.2, 0) is 32.2 Å². The third-order valence-electron chi connectivity index (χ3n) is 7.96. The lowest BCUT2D eigenvalue weighted by Crippen LogP contribution is -2.50. The van der Waals surface area contributed by atoms with Crippen LogP contribution in [0.2, 0.25) is 0 Å². The average molecular weight is 669 g/mol. The molecule has 0 heterocycles. The highest BCUT2D eigenvalue weighted by Crippen LogP contribution is 2.11. The van der Waals surface area contributed by atoms with Crippen molar-refractivity contribution in [1.29, 1.82) is 0 Å². The van der Waals surface area contributed by atoms with Crippen molar-refractivity contribution in [3.8, 4) is 0 Å². The van der Waals surface area contributed by atoms with E-state index >= 15 is 0 Å². The molecule has 0 aliphatic heterocycles. The standard InChI is InChI=1S/C38H60N4O6/c1-30(2)34(41-37(44)46-27-32-21-15-13-16-22-32)35(43)40-26-20-12-10-8-6-5-7-9-11-19-25-39-29-48-36(31(3)4)42-38(45)47-28-33-23-17-14-18-24-33/h13-18,21-24,30-31,34,36,39H,5-12,19-20,25-29H2,1-4H3,(H,40,43)(H,41,44)(H,42,45). The van der Waals surface area contributed by atoms with Gasteiger partial charge in [-0.25, -0.2) is 9.59 Å². The number of carbonyl (C=O) groups excluding carboxylic acids is 3. The van der Waals surface area contributed by atoms with E-state index in [2.05, 4.69) is 21.3 Å². The summed E-state index contributed by atoms with van der Waals surface area (Å²) in [6.45, 7) is 10.1. The molecule has 268 valence electrons. The number of hydrogen-bond donors (Lipinski definition) is 4. The molecule has 10 nitrogen and oxygen atoms in total. The Balaban J connectivity index is 1.39. The normalized spacial score (nSPS) is 12.4. The maximum atomic E-state index is 12.7. The Hall–Kier alpha value is -3.63. The van der Waals surface area contributed by atoms with Gasteiger partial charge in [-0.05, 0) is 42.3 Å². The number of carbonyl (C=O) groups is 3. The van der Waals surface area contributed by atoms with Crippen LogP contribution in [0, 0.1) is 11.8 Å². The van der Waals surface area contributed by atoms with Crippen LogP contribution in [0.25, 0.3) is 0 Å². The Morgan fingerprint density at radius 1 is 0.583 bits per heavy atom. The highest BCUT2D eigenvalue weighted by Gasteiger charge is 2.24. The average Bonchev–Trinajstić information content (AvgIpc) is 3.08. The summed E-state index contributed by atoms with van der Waals surface area (Å²) < 4.78 is 16.4. The molecule has 0 aliphatic carbocycles. The molecule has 2 aromatic carbocycles. The topological polar surface area (TPSA) is 127 Å². The Morgan fingerprint density at radius 2 is 1.04 bits per heavy atom. The molecule has 2 rings (SSSR count). The molecular weight excluding hydrogens is 608 g/mol. The van der Waals surface area contributed by atoms with Crippen LogP contribution in [0.4, 0.5) is 9.59 Å². The highest BCUT2D eigenvalue weighted by atomic mass is 16.6. The molecule has 0 fully saturated rings. The van der Waals surface area contributed by atoms with Gasteiger partial charge in [0.05, 0.1) is 6.73 Å². The first-order valence-corrected chi connectivity index (χ1v) is 17.8. The molecule has 2 unspecified atom stereocenters. The predicted octanol–water partition coefficient (Wildman–Crippen LogP) is 7.43. The van der Waals surface area contributed by atoms with Crippen molar-refractivity contribution in [3.05, 3.63) is 71.8 Å². The van der Waals surface area contributed by atoms with Gasteiger partial charge in [0.2, 0.25) is 5.91 Å². The molecule has 4 N–H and O–H groups in total. The number of alkyl carbamates (subject to hydrolysis) is 2. The monoisotopic (exact) mass is 668 g/mol. The minimum atomic E-state index is -0.625. The number of hydrogen-bond acceptors (Lipinski definition) is 7. The van der Waals surface area contributed by atoms with E-state index in [1.165, 1.54) is 38.5 Å². The Morgan fingerprint density at radius 3 is 1.52 bits per heavy atom. The van der Waals surface area contributed by atoms with Crippen LogP contribution in [0.15, 0.2) is 60.7 Å². The second-order valence-corrected chi connectivity index (χ2v) is 12.9. The summed E-state index contributed by atoms with van der Waals surface area (Å²) in [6.07, 6.45) is 10.1. The SMILES string of the molecule is CC(C)C(NC(=O)OCc1ccccc1)OCNCCCCCCCCCCCCNC(=O)C(NC(=O)OCc1ccccc1)C(C)C. The first-order chi connectivity index (χ1) is 23.3. The highest BCUT2D eigenvalue weighted by molar-refractivity contribution is 5.85. The molecule has 0 saturated heterocycles. The smallest absolute Gasteiger partial charge is 0.409 e. The fourth-order valence-electron chi connectivity index (χ4n) is 5.04. The van der Waals surface area contributed by atoms with Crippen molar-refractivity contribution in [1.82, 2.24) is 21.3 Å². The van der Waals surface area contributed by atoms with E-state index in [1.54, 1.807) is 0 Å². The number of nitrogens with one attached hydrogen (secondary N) is 4. The maximum Gasteiger partial charge on any atom is 0.409 e. The first-order valence-electron chi connectivity index (χ1n) is 17.8. The molecule has 0 radical (unpaired) electrons. The Bertz CT molecular complexity index is 1130. The molecule has 2 aromatic rings. The summed E-state index contributed by atoms with van der Waals surface area (Å²) in [7, 11) is 0. The van der Waals surface area contributed by atoms with E-state index in [1.807, 2.05) is 88.4 Å². The fourth-order valence-corrected chi connectivity index (χ4v) is 5.04. The number of rotatable bonds is 25. The zero-order chi connectivity index (χ0) is 34.8. The van der Waals surface area contributed by atoms with Gasteiger partial charge in [-0.1, -0.05) is 140 Å². The molecule has 0 spiro atoms. The van der Waals surface area contributed by atoms with Gasteiger partial charge in [-0.3, -0.25) is 15.4 Å². The van der Waals surface area contributed by atoms with Crippen molar-refractivity contribution in [2.75, 3.05) is 19.8 Å². The molecule has 3 amide bonds. The van der Waals surface area contributed by atoms with Crippen molar-refractivity contribution >= 4 is 18.1 Å². The van der Waals surface area contributed by atoms with E-state index < -0.39 is 24.5 Å². The largest absolute Gasteiger partial charge is 0.445 e. The van der Waals surface area contributed by atoms with Crippen molar-refractivity contribution in [2.24, 2.45) is 11.8 Å². The predicted molar refractivity (Wildman–Crippen MR) is 190 cm³/mol. The van der Waals surface area contributed by atoms with Crippen LogP contribution in [-0.4, -0.2) is 50.2 Å². The lowest BCUT2D eigenvalue weighted by atomic mass is 10.0. The van der Waals surface area contributed by atoms with Crippen LogP contribution in [0.3, 0.4) is 0 Å². The zero-order valence-corrected chi connectivity index (χ0v) is 29.6. The van der Waals surface area contributed by atoms with Crippen LogP contribution in [0.1, 0.15) is 103 Å². The number of amides is 3. The number of ether oxygens (including phenoxy) is 3. The fraction of sp³-hybridized carbons (Fsp3) is 0.605.